The predicted molar refractivity (Wildman–Crippen MR) is 77.8 cm³/mol. The van der Waals surface area contributed by atoms with Crippen molar-refractivity contribution in [1.29, 1.82) is 0 Å². The predicted octanol–water partition coefficient (Wildman–Crippen LogP) is 4.15. The number of halogens is 3. The quantitative estimate of drug-likeness (QED) is 0.814. The van der Waals surface area contributed by atoms with E-state index in [2.05, 4.69) is 9.64 Å². The largest absolute Gasteiger partial charge is 0.573 e. The summed E-state index contributed by atoms with van der Waals surface area (Å²) < 4.78 is 45.9. The fourth-order valence-electron chi connectivity index (χ4n) is 2.88. The van der Waals surface area contributed by atoms with Gasteiger partial charge in [-0.1, -0.05) is 12.1 Å². The average molecular weight is 317 g/mol. The molecule has 1 unspecified atom stereocenters. The highest BCUT2D eigenvalue weighted by atomic mass is 19.4. The molecule has 0 saturated carbocycles. The Morgan fingerprint density at radius 2 is 1.77 bits per heavy atom. The summed E-state index contributed by atoms with van der Waals surface area (Å²) in [6, 6.07) is 6.23. The first kappa shape index (κ1) is 17.1. The molecule has 0 amide bonds. The molecule has 0 bridgehead atoms. The average Bonchev–Trinajstić information content (AvgIpc) is 2.47. The van der Waals surface area contributed by atoms with Crippen LogP contribution in [0, 0.1) is 0 Å². The standard InChI is InChI=1S/C16H22F3NO2/c1-3-21-12(2)20-10-8-14(9-11-20)13-4-6-15(7-5-13)22-16(17,18)19/h4-7,12,14H,3,8-11H2,1-2H3. The van der Waals surface area contributed by atoms with Gasteiger partial charge in [0.1, 0.15) is 12.0 Å². The lowest BCUT2D eigenvalue weighted by Gasteiger charge is -2.35. The number of alkyl halides is 3. The van der Waals surface area contributed by atoms with Gasteiger partial charge in [0.25, 0.3) is 0 Å². The highest BCUT2D eigenvalue weighted by Crippen LogP contribution is 2.31. The SMILES string of the molecule is CCOC(C)N1CCC(c2ccc(OC(F)(F)F)cc2)CC1. The number of nitrogens with zero attached hydrogens (tertiary/aromatic N) is 1. The molecular weight excluding hydrogens is 295 g/mol. The normalized spacial score (nSPS) is 19.1. The van der Waals surface area contributed by atoms with E-state index < -0.39 is 6.36 Å². The first-order chi connectivity index (χ1) is 10.4. The van der Waals surface area contributed by atoms with Gasteiger partial charge in [0, 0.05) is 19.7 Å². The number of ether oxygens (including phenoxy) is 2. The van der Waals surface area contributed by atoms with Crippen LogP contribution in [0.3, 0.4) is 0 Å². The Morgan fingerprint density at radius 3 is 2.27 bits per heavy atom. The first-order valence-electron chi connectivity index (χ1n) is 7.60. The lowest BCUT2D eigenvalue weighted by atomic mass is 9.89. The van der Waals surface area contributed by atoms with E-state index in [-0.39, 0.29) is 12.0 Å². The van der Waals surface area contributed by atoms with Gasteiger partial charge in [-0.2, -0.15) is 0 Å². The van der Waals surface area contributed by atoms with Gasteiger partial charge in [-0.15, -0.1) is 13.2 Å². The van der Waals surface area contributed by atoms with Gasteiger partial charge >= 0.3 is 6.36 Å². The summed E-state index contributed by atoms with van der Waals surface area (Å²) in [7, 11) is 0. The zero-order valence-corrected chi connectivity index (χ0v) is 12.9. The van der Waals surface area contributed by atoms with Crippen LogP contribution in [0.25, 0.3) is 0 Å². The van der Waals surface area contributed by atoms with Crippen LogP contribution in [-0.2, 0) is 4.74 Å². The van der Waals surface area contributed by atoms with Crippen molar-refractivity contribution < 1.29 is 22.6 Å². The van der Waals surface area contributed by atoms with Crippen LogP contribution in [0.15, 0.2) is 24.3 Å². The third-order valence-electron chi connectivity index (χ3n) is 4.04. The summed E-state index contributed by atoms with van der Waals surface area (Å²) in [6.07, 6.45) is -2.55. The Morgan fingerprint density at radius 1 is 1.18 bits per heavy atom. The van der Waals surface area contributed by atoms with E-state index in [1.165, 1.54) is 12.1 Å². The van der Waals surface area contributed by atoms with Crippen molar-refractivity contribution in [2.24, 2.45) is 0 Å². The van der Waals surface area contributed by atoms with Crippen molar-refractivity contribution in [3.05, 3.63) is 29.8 Å². The van der Waals surface area contributed by atoms with Crippen LogP contribution in [0.2, 0.25) is 0 Å². The third-order valence-corrected chi connectivity index (χ3v) is 4.04. The van der Waals surface area contributed by atoms with E-state index in [4.69, 9.17) is 4.74 Å². The molecule has 0 N–H and O–H groups in total. The van der Waals surface area contributed by atoms with Gasteiger partial charge < -0.3 is 9.47 Å². The smallest absolute Gasteiger partial charge is 0.406 e. The Kier molecular flexibility index (Phi) is 5.69. The van der Waals surface area contributed by atoms with E-state index in [1.807, 2.05) is 13.8 Å². The van der Waals surface area contributed by atoms with Crippen molar-refractivity contribution in [2.45, 2.75) is 45.2 Å². The monoisotopic (exact) mass is 317 g/mol. The fourth-order valence-corrected chi connectivity index (χ4v) is 2.88. The Balaban J connectivity index is 1.89. The molecule has 1 saturated heterocycles. The first-order valence-corrected chi connectivity index (χ1v) is 7.60. The lowest BCUT2D eigenvalue weighted by molar-refractivity contribution is -0.274. The second kappa shape index (κ2) is 7.33. The molecule has 1 aromatic rings. The van der Waals surface area contributed by atoms with E-state index in [0.29, 0.717) is 12.5 Å². The van der Waals surface area contributed by atoms with Gasteiger partial charge in [-0.3, -0.25) is 4.90 Å². The number of rotatable bonds is 5. The third kappa shape index (κ3) is 4.88. The van der Waals surface area contributed by atoms with Crippen LogP contribution in [0.1, 0.15) is 38.2 Å². The van der Waals surface area contributed by atoms with Crippen molar-refractivity contribution in [1.82, 2.24) is 4.90 Å². The van der Waals surface area contributed by atoms with Gasteiger partial charge in [-0.25, -0.2) is 0 Å². The Bertz CT molecular complexity index is 453. The van der Waals surface area contributed by atoms with Crippen molar-refractivity contribution in [2.75, 3.05) is 19.7 Å². The molecule has 3 nitrogen and oxygen atoms in total. The maximum absolute atomic E-state index is 12.1. The molecule has 1 aliphatic heterocycles. The molecule has 1 aromatic carbocycles. The van der Waals surface area contributed by atoms with Crippen LogP contribution in [-0.4, -0.2) is 37.2 Å². The van der Waals surface area contributed by atoms with Gasteiger partial charge in [0.05, 0.1) is 0 Å². The second-order valence-corrected chi connectivity index (χ2v) is 5.48. The van der Waals surface area contributed by atoms with Crippen molar-refractivity contribution >= 4 is 0 Å². The topological polar surface area (TPSA) is 21.7 Å². The van der Waals surface area contributed by atoms with E-state index >= 15 is 0 Å². The number of likely N-dealkylation sites (tertiary alicyclic amines) is 1. The van der Waals surface area contributed by atoms with E-state index in [1.54, 1.807) is 12.1 Å². The molecule has 1 atom stereocenters. The van der Waals surface area contributed by atoms with Crippen LogP contribution in [0.5, 0.6) is 5.75 Å². The molecule has 2 rings (SSSR count). The number of piperidine rings is 1. The number of hydrogen-bond acceptors (Lipinski definition) is 3. The van der Waals surface area contributed by atoms with Crippen LogP contribution >= 0.6 is 0 Å². The van der Waals surface area contributed by atoms with Crippen molar-refractivity contribution in [3.8, 4) is 5.75 Å². The van der Waals surface area contributed by atoms with Gasteiger partial charge in [0.2, 0.25) is 0 Å². The van der Waals surface area contributed by atoms with Crippen molar-refractivity contribution in [3.63, 3.8) is 0 Å². The Hall–Kier alpha value is -1.27. The van der Waals surface area contributed by atoms with Crippen LogP contribution < -0.4 is 4.74 Å². The zero-order valence-electron chi connectivity index (χ0n) is 12.9. The molecule has 0 aromatic heterocycles. The minimum atomic E-state index is -4.64. The minimum Gasteiger partial charge on any atom is -0.406 e. The maximum Gasteiger partial charge on any atom is 0.573 e. The Labute approximate surface area is 129 Å². The summed E-state index contributed by atoms with van der Waals surface area (Å²) in [6.45, 7) is 6.60. The molecule has 0 aliphatic carbocycles. The van der Waals surface area contributed by atoms with E-state index in [9.17, 15) is 13.2 Å². The molecule has 6 heteroatoms. The number of benzene rings is 1. The fraction of sp³-hybridized carbons (Fsp3) is 0.625. The summed E-state index contributed by atoms with van der Waals surface area (Å²) in [5, 5.41) is 0. The molecular formula is C16H22F3NO2. The highest BCUT2D eigenvalue weighted by Gasteiger charge is 2.31. The summed E-state index contributed by atoms with van der Waals surface area (Å²) in [4.78, 5) is 2.29. The molecule has 124 valence electrons. The molecule has 22 heavy (non-hydrogen) atoms. The van der Waals surface area contributed by atoms with Crippen LogP contribution in [0.4, 0.5) is 13.2 Å². The number of hydrogen-bond donors (Lipinski definition) is 0. The van der Waals surface area contributed by atoms with E-state index in [0.717, 1.165) is 31.5 Å². The molecule has 1 aliphatic rings. The highest BCUT2D eigenvalue weighted by molar-refractivity contribution is 5.29. The van der Waals surface area contributed by atoms with Gasteiger partial charge in [-0.05, 0) is 50.3 Å². The summed E-state index contributed by atoms with van der Waals surface area (Å²) in [5.41, 5.74) is 1.07. The zero-order chi connectivity index (χ0) is 16.2. The minimum absolute atomic E-state index is 0.119. The lowest BCUT2D eigenvalue weighted by Crippen LogP contribution is -2.40. The summed E-state index contributed by atoms with van der Waals surface area (Å²) >= 11 is 0. The summed E-state index contributed by atoms with van der Waals surface area (Å²) in [5.74, 6) is 0.212. The molecule has 0 spiro atoms. The second-order valence-electron chi connectivity index (χ2n) is 5.48. The maximum atomic E-state index is 12.1. The molecule has 1 heterocycles. The molecule has 0 radical (unpaired) electrons. The van der Waals surface area contributed by atoms with Gasteiger partial charge in [0.15, 0.2) is 0 Å². The molecule has 1 fully saturated rings.